The van der Waals surface area contributed by atoms with E-state index in [0.29, 0.717) is 12.0 Å². The SMILES string of the molecule is CCO/N=C1\CCC2C3CC=C4CC(O)CCC4(C)C3CCC12C. The third-order valence-corrected chi connectivity index (χ3v) is 8.12. The van der Waals surface area contributed by atoms with Gasteiger partial charge in [-0.05, 0) is 81.5 Å². The van der Waals surface area contributed by atoms with Gasteiger partial charge in [-0.25, -0.2) is 0 Å². The zero-order chi connectivity index (χ0) is 16.9. The molecule has 0 aromatic heterocycles. The van der Waals surface area contributed by atoms with Crippen LogP contribution in [0, 0.1) is 28.6 Å². The molecule has 0 bridgehead atoms. The summed E-state index contributed by atoms with van der Waals surface area (Å²) < 4.78 is 0. The van der Waals surface area contributed by atoms with Crippen LogP contribution in [0.25, 0.3) is 0 Å². The van der Waals surface area contributed by atoms with Gasteiger partial charge in [-0.1, -0.05) is 30.7 Å². The predicted molar refractivity (Wildman–Crippen MR) is 96.8 cm³/mol. The molecule has 0 aromatic carbocycles. The van der Waals surface area contributed by atoms with Gasteiger partial charge in [0.15, 0.2) is 0 Å². The van der Waals surface area contributed by atoms with E-state index < -0.39 is 0 Å². The molecule has 0 aromatic rings. The minimum absolute atomic E-state index is 0.105. The second kappa shape index (κ2) is 5.86. The molecule has 24 heavy (non-hydrogen) atoms. The van der Waals surface area contributed by atoms with Crippen LogP contribution in [0.15, 0.2) is 16.8 Å². The second-order valence-electron chi connectivity index (χ2n) is 9.11. The Hall–Kier alpha value is -0.830. The van der Waals surface area contributed by atoms with Crippen molar-refractivity contribution in [3.05, 3.63) is 11.6 Å². The normalized spacial score (nSPS) is 49.2. The fraction of sp³-hybridized carbons (Fsp3) is 0.857. The summed E-state index contributed by atoms with van der Waals surface area (Å²) in [4.78, 5) is 5.43. The van der Waals surface area contributed by atoms with Crippen LogP contribution in [0.4, 0.5) is 0 Å². The van der Waals surface area contributed by atoms with Gasteiger partial charge in [-0.3, -0.25) is 0 Å². The molecule has 3 fully saturated rings. The number of aliphatic hydroxyl groups excluding tert-OH is 1. The van der Waals surface area contributed by atoms with E-state index in [1.807, 2.05) is 6.92 Å². The van der Waals surface area contributed by atoms with Crippen LogP contribution in [0.1, 0.15) is 72.1 Å². The van der Waals surface area contributed by atoms with Crippen LogP contribution in [0.5, 0.6) is 0 Å². The molecule has 134 valence electrons. The van der Waals surface area contributed by atoms with Gasteiger partial charge < -0.3 is 9.94 Å². The summed E-state index contributed by atoms with van der Waals surface area (Å²) in [5.74, 6) is 2.36. The van der Waals surface area contributed by atoms with Crippen LogP contribution in [0.2, 0.25) is 0 Å². The number of allylic oxidation sites excluding steroid dienone is 1. The Morgan fingerprint density at radius 3 is 2.71 bits per heavy atom. The molecule has 1 N–H and O–H groups in total. The van der Waals surface area contributed by atoms with Crippen molar-refractivity contribution in [2.45, 2.75) is 78.2 Å². The van der Waals surface area contributed by atoms with E-state index in [-0.39, 0.29) is 11.5 Å². The van der Waals surface area contributed by atoms with Crippen molar-refractivity contribution in [2.24, 2.45) is 33.7 Å². The first-order chi connectivity index (χ1) is 11.5. The Kier molecular flexibility index (Phi) is 4.06. The Labute approximate surface area is 146 Å². The minimum atomic E-state index is -0.105. The second-order valence-corrected chi connectivity index (χ2v) is 9.11. The van der Waals surface area contributed by atoms with E-state index in [2.05, 4.69) is 25.1 Å². The highest BCUT2D eigenvalue weighted by Crippen LogP contribution is 2.64. The number of hydrogen-bond donors (Lipinski definition) is 1. The maximum Gasteiger partial charge on any atom is 0.114 e. The van der Waals surface area contributed by atoms with Crippen molar-refractivity contribution >= 4 is 5.71 Å². The van der Waals surface area contributed by atoms with Crippen molar-refractivity contribution in [1.29, 1.82) is 0 Å². The number of oxime groups is 1. The summed E-state index contributed by atoms with van der Waals surface area (Å²) in [6.45, 7) is 7.63. The fourth-order valence-electron chi connectivity index (χ4n) is 6.72. The van der Waals surface area contributed by atoms with Gasteiger partial charge in [0.25, 0.3) is 0 Å². The Bertz CT molecular complexity index is 568. The molecule has 3 heteroatoms. The lowest BCUT2D eigenvalue weighted by atomic mass is 9.48. The van der Waals surface area contributed by atoms with Gasteiger partial charge in [0, 0.05) is 5.41 Å². The standard InChI is InChI=1S/C21H33NO2/c1-4-24-22-19-8-7-17-16-6-5-14-13-15(23)9-11-20(14,2)18(16)10-12-21(17,19)3/h5,15-18,23H,4,6-13H2,1-3H3/b22-19+. The molecule has 0 spiro atoms. The molecule has 4 rings (SSSR count). The van der Waals surface area contributed by atoms with Crippen LogP contribution in [-0.2, 0) is 4.84 Å². The lowest BCUT2D eigenvalue weighted by molar-refractivity contribution is -0.0216. The maximum atomic E-state index is 10.1. The largest absolute Gasteiger partial charge is 0.396 e. The third-order valence-electron chi connectivity index (χ3n) is 8.12. The molecule has 3 saturated carbocycles. The number of rotatable bonds is 2. The molecule has 0 saturated heterocycles. The highest BCUT2D eigenvalue weighted by molar-refractivity contribution is 5.92. The van der Waals surface area contributed by atoms with Gasteiger partial charge in [0.05, 0.1) is 11.8 Å². The van der Waals surface area contributed by atoms with Crippen molar-refractivity contribution in [3.8, 4) is 0 Å². The monoisotopic (exact) mass is 331 g/mol. The number of nitrogens with zero attached hydrogens (tertiary/aromatic N) is 1. The lowest BCUT2D eigenvalue weighted by Gasteiger charge is -2.57. The Morgan fingerprint density at radius 1 is 1.17 bits per heavy atom. The molecule has 0 amide bonds. The molecule has 6 unspecified atom stereocenters. The summed E-state index contributed by atoms with van der Waals surface area (Å²) in [6.07, 6.45) is 11.7. The van der Waals surface area contributed by atoms with Gasteiger partial charge in [-0.15, -0.1) is 0 Å². The molecular formula is C21H33NO2. The average molecular weight is 332 g/mol. The Morgan fingerprint density at radius 2 is 1.92 bits per heavy atom. The van der Waals surface area contributed by atoms with E-state index in [4.69, 9.17) is 4.84 Å². The van der Waals surface area contributed by atoms with Crippen LogP contribution in [-0.4, -0.2) is 23.5 Å². The van der Waals surface area contributed by atoms with E-state index in [0.717, 1.165) is 37.0 Å². The van der Waals surface area contributed by atoms with Crippen molar-refractivity contribution in [2.75, 3.05) is 6.61 Å². The summed E-state index contributed by atoms with van der Waals surface area (Å²) in [7, 11) is 0. The highest BCUT2D eigenvalue weighted by Gasteiger charge is 2.57. The van der Waals surface area contributed by atoms with Crippen molar-refractivity contribution < 1.29 is 9.94 Å². The quantitative estimate of drug-likeness (QED) is 0.588. The summed E-state index contributed by atoms with van der Waals surface area (Å²) in [5, 5.41) is 14.6. The van der Waals surface area contributed by atoms with Crippen LogP contribution < -0.4 is 0 Å². The highest BCUT2D eigenvalue weighted by atomic mass is 16.6. The van der Waals surface area contributed by atoms with Gasteiger partial charge in [-0.2, -0.15) is 0 Å². The van der Waals surface area contributed by atoms with Crippen LogP contribution in [0.3, 0.4) is 0 Å². The number of hydrogen-bond acceptors (Lipinski definition) is 3. The van der Waals surface area contributed by atoms with Gasteiger partial charge in [0.2, 0.25) is 0 Å². The smallest absolute Gasteiger partial charge is 0.114 e. The zero-order valence-corrected chi connectivity index (χ0v) is 15.6. The zero-order valence-electron chi connectivity index (χ0n) is 15.6. The maximum absolute atomic E-state index is 10.1. The van der Waals surface area contributed by atoms with E-state index >= 15 is 0 Å². The van der Waals surface area contributed by atoms with E-state index in [9.17, 15) is 5.11 Å². The third kappa shape index (κ3) is 2.30. The van der Waals surface area contributed by atoms with Crippen molar-refractivity contribution in [3.63, 3.8) is 0 Å². The molecule has 6 atom stereocenters. The summed E-state index contributed by atoms with van der Waals surface area (Å²) >= 11 is 0. The first-order valence-corrected chi connectivity index (χ1v) is 10.1. The average Bonchev–Trinajstić information content (AvgIpc) is 2.90. The Balaban J connectivity index is 1.63. The molecule has 0 radical (unpaired) electrons. The molecular weight excluding hydrogens is 298 g/mol. The molecule has 3 nitrogen and oxygen atoms in total. The summed E-state index contributed by atoms with van der Waals surface area (Å²) in [6, 6.07) is 0. The van der Waals surface area contributed by atoms with Crippen LogP contribution >= 0.6 is 0 Å². The first-order valence-electron chi connectivity index (χ1n) is 10.1. The molecule has 0 heterocycles. The lowest BCUT2D eigenvalue weighted by Crippen LogP contribution is -2.50. The van der Waals surface area contributed by atoms with Gasteiger partial charge >= 0.3 is 0 Å². The minimum Gasteiger partial charge on any atom is -0.396 e. The molecule has 4 aliphatic rings. The topological polar surface area (TPSA) is 41.8 Å². The predicted octanol–water partition coefficient (Wildman–Crippen LogP) is 4.70. The molecule has 4 aliphatic carbocycles. The first kappa shape index (κ1) is 16.6. The van der Waals surface area contributed by atoms with Gasteiger partial charge in [0.1, 0.15) is 6.61 Å². The van der Waals surface area contributed by atoms with Crippen molar-refractivity contribution in [1.82, 2.24) is 0 Å². The number of aliphatic hydroxyl groups is 1. The van der Waals surface area contributed by atoms with E-state index in [1.165, 1.54) is 37.8 Å². The summed E-state index contributed by atoms with van der Waals surface area (Å²) in [5.41, 5.74) is 3.48. The molecule has 0 aliphatic heterocycles. The fourth-order valence-corrected chi connectivity index (χ4v) is 6.72. The number of fused-ring (bicyclic) bond motifs is 5. The van der Waals surface area contributed by atoms with E-state index in [1.54, 1.807) is 5.57 Å².